The number of alkyl halides is 3. The molecule has 1 N–H and O–H groups in total. The highest BCUT2D eigenvalue weighted by Crippen LogP contribution is 2.50. The molecule has 37 heavy (non-hydrogen) atoms. The maximum absolute atomic E-state index is 14.4. The van der Waals surface area contributed by atoms with Crippen molar-refractivity contribution in [2.75, 3.05) is 13.6 Å². The number of likely N-dealkylation sites (N-methyl/N-ethyl adjacent to an activating group) is 1. The van der Waals surface area contributed by atoms with Gasteiger partial charge in [-0.3, -0.25) is 9.59 Å². The number of nitrogens with zero attached hydrogens (tertiary/aromatic N) is 2. The number of halogens is 6. The molecule has 1 aliphatic carbocycles. The van der Waals surface area contributed by atoms with E-state index in [4.69, 9.17) is 28.0 Å². The minimum absolute atomic E-state index is 0.0478. The van der Waals surface area contributed by atoms with Gasteiger partial charge in [-0.2, -0.15) is 13.2 Å². The van der Waals surface area contributed by atoms with Crippen LogP contribution in [0.5, 0.6) is 0 Å². The molecule has 2 unspecified atom stereocenters. The van der Waals surface area contributed by atoms with Gasteiger partial charge in [-0.25, -0.2) is 4.39 Å². The molecule has 1 fully saturated rings. The molecule has 0 radical (unpaired) electrons. The number of benzene rings is 2. The van der Waals surface area contributed by atoms with Crippen molar-refractivity contribution < 1.29 is 32.0 Å². The van der Waals surface area contributed by atoms with E-state index < -0.39 is 51.6 Å². The summed E-state index contributed by atoms with van der Waals surface area (Å²) in [6.45, 7) is 0.548. The van der Waals surface area contributed by atoms with E-state index in [1.165, 1.54) is 0 Å². The van der Waals surface area contributed by atoms with E-state index in [1.54, 1.807) is 24.1 Å². The number of hydrogen-bond acceptors (Lipinski definition) is 4. The summed E-state index contributed by atoms with van der Waals surface area (Å²) in [5, 5.41) is 5.45. The average Bonchev–Trinajstić information content (AvgIpc) is 3.57. The molecule has 2 heterocycles. The Bertz CT molecular complexity index is 1320. The highest BCUT2D eigenvalue weighted by atomic mass is 35.5. The Morgan fingerprint density at radius 1 is 1.19 bits per heavy atom. The SMILES string of the molecule is CN1CCC(NC(=O)c2ccc(C3=NOC(c4cc(Cl)c(F)c(Cl)c4)(C(F)(F)F)C3)c3c2CCC3)C1=O. The molecule has 12 heteroatoms. The number of nitrogens with one attached hydrogen (secondary N) is 1. The highest BCUT2D eigenvalue weighted by molar-refractivity contribution is 6.35. The molecular weight excluding hydrogens is 537 g/mol. The normalized spacial score (nSPS) is 23.2. The lowest BCUT2D eigenvalue weighted by Gasteiger charge is -2.30. The largest absolute Gasteiger partial charge is 0.435 e. The first-order valence-electron chi connectivity index (χ1n) is 11.6. The third-order valence-electron chi connectivity index (χ3n) is 7.21. The van der Waals surface area contributed by atoms with Crippen molar-refractivity contribution >= 4 is 40.7 Å². The van der Waals surface area contributed by atoms with Crippen LogP contribution in [0.4, 0.5) is 17.6 Å². The van der Waals surface area contributed by atoms with Gasteiger partial charge in [-0.15, -0.1) is 0 Å². The van der Waals surface area contributed by atoms with Gasteiger partial charge in [0, 0.05) is 36.7 Å². The maximum atomic E-state index is 14.4. The number of amides is 2. The van der Waals surface area contributed by atoms with Crippen LogP contribution in [-0.2, 0) is 28.1 Å². The Hall–Kier alpha value is -2.85. The number of carbonyl (C=O) groups is 2. The molecule has 3 aliphatic rings. The van der Waals surface area contributed by atoms with Crippen LogP contribution in [0.3, 0.4) is 0 Å². The van der Waals surface area contributed by atoms with E-state index in [9.17, 15) is 27.2 Å². The molecule has 5 rings (SSSR count). The van der Waals surface area contributed by atoms with Crippen LogP contribution in [0.1, 0.15) is 51.9 Å². The van der Waals surface area contributed by atoms with Gasteiger partial charge in [0.05, 0.1) is 15.8 Å². The van der Waals surface area contributed by atoms with Crippen molar-refractivity contribution in [1.29, 1.82) is 0 Å². The standard InChI is InChI=1S/C25H21Cl2F4N3O3/c1-34-8-7-19(23(34)36)32-22(35)16-6-5-15(13-3-2-4-14(13)16)20-11-24(37-33-20,25(29,30)31)12-9-17(26)21(28)18(27)10-12/h5-6,9-10,19H,2-4,7-8,11H2,1H3,(H,32,35). The minimum atomic E-state index is -4.92. The molecule has 2 aliphatic heterocycles. The lowest BCUT2D eigenvalue weighted by molar-refractivity contribution is -0.275. The fourth-order valence-electron chi connectivity index (χ4n) is 5.22. The quantitative estimate of drug-likeness (QED) is 0.416. The second-order valence-corrected chi connectivity index (χ2v) is 10.2. The predicted octanol–water partition coefficient (Wildman–Crippen LogP) is 5.16. The number of rotatable bonds is 4. The number of fused-ring (bicyclic) bond motifs is 1. The van der Waals surface area contributed by atoms with Crippen LogP contribution in [-0.4, -0.2) is 48.2 Å². The Morgan fingerprint density at radius 2 is 1.86 bits per heavy atom. The first-order valence-corrected chi connectivity index (χ1v) is 12.4. The predicted molar refractivity (Wildman–Crippen MR) is 128 cm³/mol. The van der Waals surface area contributed by atoms with Gasteiger partial charge >= 0.3 is 6.18 Å². The summed E-state index contributed by atoms with van der Waals surface area (Å²) in [6, 6.07) is 4.17. The van der Waals surface area contributed by atoms with Gasteiger partial charge in [0.1, 0.15) is 6.04 Å². The third-order valence-corrected chi connectivity index (χ3v) is 7.76. The summed E-state index contributed by atoms with van der Waals surface area (Å²) in [6.07, 6.45) is -3.29. The zero-order valence-electron chi connectivity index (χ0n) is 19.5. The third kappa shape index (κ3) is 4.24. The van der Waals surface area contributed by atoms with E-state index in [-0.39, 0.29) is 11.6 Å². The van der Waals surface area contributed by atoms with Crippen LogP contribution in [0.2, 0.25) is 10.0 Å². The van der Waals surface area contributed by atoms with Crippen molar-refractivity contribution in [3.63, 3.8) is 0 Å². The summed E-state index contributed by atoms with van der Waals surface area (Å²) in [4.78, 5) is 31.8. The molecule has 2 aromatic carbocycles. The smallest absolute Gasteiger partial charge is 0.374 e. The lowest BCUT2D eigenvalue weighted by atomic mass is 9.84. The van der Waals surface area contributed by atoms with E-state index in [0.29, 0.717) is 48.9 Å². The first kappa shape index (κ1) is 25.8. The molecule has 196 valence electrons. The summed E-state index contributed by atoms with van der Waals surface area (Å²) < 4.78 is 57.1. The zero-order valence-corrected chi connectivity index (χ0v) is 21.0. The second-order valence-electron chi connectivity index (χ2n) is 9.43. The average molecular weight is 558 g/mol. The summed E-state index contributed by atoms with van der Waals surface area (Å²) in [5.74, 6) is -1.59. The fraction of sp³-hybridized carbons (Fsp3) is 0.400. The van der Waals surface area contributed by atoms with Gasteiger partial charge in [0.25, 0.3) is 11.5 Å². The van der Waals surface area contributed by atoms with Gasteiger partial charge in [-0.05, 0) is 55.0 Å². The molecule has 0 saturated carbocycles. The number of hydrogen-bond donors (Lipinski definition) is 1. The van der Waals surface area contributed by atoms with E-state index >= 15 is 0 Å². The van der Waals surface area contributed by atoms with Crippen molar-refractivity contribution in [1.82, 2.24) is 10.2 Å². The van der Waals surface area contributed by atoms with E-state index in [1.807, 2.05) is 0 Å². The van der Waals surface area contributed by atoms with Crippen molar-refractivity contribution in [3.8, 4) is 0 Å². The van der Waals surface area contributed by atoms with Gasteiger partial charge in [-0.1, -0.05) is 34.4 Å². The van der Waals surface area contributed by atoms with Crippen molar-refractivity contribution in [3.05, 3.63) is 67.9 Å². The Kier molecular flexibility index (Phi) is 6.39. The number of carbonyl (C=O) groups excluding carboxylic acids is 2. The summed E-state index contributed by atoms with van der Waals surface area (Å²) in [5.41, 5.74) is -1.05. The first-order chi connectivity index (χ1) is 17.4. The Balaban J connectivity index is 1.47. The summed E-state index contributed by atoms with van der Waals surface area (Å²) in [7, 11) is 1.67. The minimum Gasteiger partial charge on any atom is -0.374 e. The molecule has 6 nitrogen and oxygen atoms in total. The van der Waals surface area contributed by atoms with Crippen LogP contribution < -0.4 is 5.32 Å². The molecule has 2 amide bonds. The van der Waals surface area contributed by atoms with E-state index in [2.05, 4.69) is 10.5 Å². The molecule has 0 bridgehead atoms. The molecule has 1 saturated heterocycles. The van der Waals surface area contributed by atoms with Crippen LogP contribution in [0.25, 0.3) is 0 Å². The molecule has 0 aromatic heterocycles. The lowest BCUT2D eigenvalue weighted by Crippen LogP contribution is -2.42. The Morgan fingerprint density at radius 3 is 2.49 bits per heavy atom. The van der Waals surface area contributed by atoms with Crippen molar-refractivity contribution in [2.24, 2.45) is 5.16 Å². The maximum Gasteiger partial charge on any atom is 0.435 e. The monoisotopic (exact) mass is 557 g/mol. The second kappa shape index (κ2) is 9.16. The topological polar surface area (TPSA) is 71.0 Å². The zero-order chi connectivity index (χ0) is 26.7. The van der Waals surface area contributed by atoms with Crippen LogP contribution in [0.15, 0.2) is 29.4 Å². The van der Waals surface area contributed by atoms with Gasteiger partial charge < -0.3 is 15.1 Å². The van der Waals surface area contributed by atoms with Gasteiger partial charge in [0.2, 0.25) is 5.91 Å². The number of likely N-dealkylation sites (tertiary alicyclic amines) is 1. The Labute approximate surface area is 219 Å². The van der Waals surface area contributed by atoms with E-state index in [0.717, 1.165) is 17.7 Å². The van der Waals surface area contributed by atoms with Crippen molar-refractivity contribution in [2.45, 2.75) is 49.9 Å². The molecule has 0 spiro atoms. The number of oxime groups is 1. The highest BCUT2D eigenvalue weighted by Gasteiger charge is 2.62. The molecule has 2 atom stereocenters. The summed E-state index contributed by atoms with van der Waals surface area (Å²) >= 11 is 11.6. The van der Waals surface area contributed by atoms with Crippen LogP contribution >= 0.6 is 23.2 Å². The molecule has 2 aromatic rings. The fourth-order valence-corrected chi connectivity index (χ4v) is 5.71. The molecular formula is C25H21Cl2F4N3O3. The van der Waals surface area contributed by atoms with Gasteiger partial charge in [0.15, 0.2) is 5.82 Å². The van der Waals surface area contributed by atoms with Crippen LogP contribution in [0, 0.1) is 5.82 Å².